The molecule has 0 amide bonds. The van der Waals surface area contributed by atoms with E-state index in [0.717, 1.165) is 32.3 Å². The van der Waals surface area contributed by atoms with Gasteiger partial charge in [-0.3, -0.25) is 0 Å². The van der Waals surface area contributed by atoms with Crippen LogP contribution in [0, 0.1) is 5.92 Å². The Labute approximate surface area is 96.3 Å². The van der Waals surface area contributed by atoms with Gasteiger partial charge in [-0.15, -0.1) is 0 Å². The fraction of sp³-hybridized carbons (Fsp3) is 1.00. The summed E-state index contributed by atoms with van der Waals surface area (Å²) in [4.78, 5) is 0. The van der Waals surface area contributed by atoms with Gasteiger partial charge >= 0.3 is 0 Å². The molecule has 2 aliphatic rings. The minimum Gasteiger partial charge on any atom is -0.375 e. The summed E-state index contributed by atoms with van der Waals surface area (Å²) < 4.78 is 32.6. The maximum absolute atomic E-state index is 10.9. The Morgan fingerprint density at radius 2 is 1.88 bits per heavy atom. The van der Waals surface area contributed by atoms with Crippen LogP contribution in [0.25, 0.3) is 0 Å². The first-order chi connectivity index (χ1) is 7.53. The lowest BCUT2D eigenvalue weighted by Gasteiger charge is -2.27. The second-order valence-electron chi connectivity index (χ2n) is 4.76. The quantitative estimate of drug-likeness (QED) is 0.708. The van der Waals surface area contributed by atoms with Crippen molar-refractivity contribution < 1.29 is 17.9 Å². The number of sulfonamides is 1. The Morgan fingerprint density at radius 1 is 1.25 bits per heavy atom. The number of rotatable bonds is 5. The number of ether oxygens (including phenoxy) is 2. The van der Waals surface area contributed by atoms with E-state index in [2.05, 4.69) is 0 Å². The number of primary sulfonamides is 1. The lowest BCUT2D eigenvalue weighted by Crippen LogP contribution is -2.29. The summed E-state index contributed by atoms with van der Waals surface area (Å²) in [7, 11) is -3.32. The molecule has 2 rings (SSSR count). The van der Waals surface area contributed by atoms with Crippen molar-refractivity contribution in [1.82, 2.24) is 0 Å². The summed E-state index contributed by atoms with van der Waals surface area (Å²) in [5.74, 6) is 0.331. The van der Waals surface area contributed by atoms with Crippen LogP contribution in [0.15, 0.2) is 0 Å². The van der Waals surface area contributed by atoms with Crippen molar-refractivity contribution >= 4 is 10.0 Å². The van der Waals surface area contributed by atoms with Crippen LogP contribution in [0.5, 0.6) is 0 Å². The molecule has 1 saturated heterocycles. The van der Waals surface area contributed by atoms with Crippen molar-refractivity contribution in [1.29, 1.82) is 0 Å². The Hall–Kier alpha value is -0.170. The van der Waals surface area contributed by atoms with Gasteiger partial charge < -0.3 is 9.47 Å². The summed E-state index contributed by atoms with van der Waals surface area (Å²) in [6.07, 6.45) is 4.25. The Morgan fingerprint density at radius 3 is 2.38 bits per heavy atom. The SMILES string of the molecule is NS(=O)(=O)CC1CCC(OCC2CO2)CC1. The Balaban J connectivity index is 1.65. The summed E-state index contributed by atoms with van der Waals surface area (Å²) in [5, 5.41) is 5.03. The number of hydrogen-bond acceptors (Lipinski definition) is 4. The molecule has 2 N–H and O–H groups in total. The minimum atomic E-state index is -3.32. The van der Waals surface area contributed by atoms with Gasteiger partial charge in [0.15, 0.2) is 0 Å². The number of epoxide rings is 1. The van der Waals surface area contributed by atoms with Crippen LogP contribution in [0.1, 0.15) is 25.7 Å². The normalized spacial score (nSPS) is 34.9. The van der Waals surface area contributed by atoms with Crippen LogP contribution in [0.4, 0.5) is 0 Å². The molecule has 94 valence electrons. The van der Waals surface area contributed by atoms with Crippen molar-refractivity contribution in [3.05, 3.63) is 0 Å². The highest BCUT2D eigenvalue weighted by atomic mass is 32.2. The maximum atomic E-state index is 10.9. The smallest absolute Gasteiger partial charge is 0.209 e. The minimum absolute atomic E-state index is 0.117. The maximum Gasteiger partial charge on any atom is 0.209 e. The van der Waals surface area contributed by atoms with Gasteiger partial charge in [0.2, 0.25) is 10.0 Å². The molecule has 1 aliphatic heterocycles. The van der Waals surface area contributed by atoms with E-state index in [1.165, 1.54) is 0 Å². The molecule has 6 heteroatoms. The molecule has 0 aromatic carbocycles. The van der Waals surface area contributed by atoms with Crippen molar-refractivity contribution in [2.45, 2.75) is 37.9 Å². The lowest BCUT2D eigenvalue weighted by molar-refractivity contribution is 0.0123. The zero-order valence-electron chi connectivity index (χ0n) is 9.30. The highest BCUT2D eigenvalue weighted by Gasteiger charge is 2.28. The summed E-state index contributed by atoms with van der Waals surface area (Å²) in [6.45, 7) is 1.51. The first-order valence-electron chi connectivity index (χ1n) is 5.76. The highest BCUT2D eigenvalue weighted by molar-refractivity contribution is 7.89. The lowest BCUT2D eigenvalue weighted by atomic mass is 9.89. The van der Waals surface area contributed by atoms with E-state index in [4.69, 9.17) is 14.6 Å². The average molecular weight is 249 g/mol. The van der Waals surface area contributed by atoms with Crippen molar-refractivity contribution in [2.24, 2.45) is 11.1 Å². The van der Waals surface area contributed by atoms with Crippen molar-refractivity contribution in [3.8, 4) is 0 Å². The molecular weight excluding hydrogens is 230 g/mol. The number of nitrogens with two attached hydrogens (primary N) is 1. The second kappa shape index (κ2) is 5.00. The molecule has 16 heavy (non-hydrogen) atoms. The van der Waals surface area contributed by atoms with E-state index in [1.807, 2.05) is 0 Å². The van der Waals surface area contributed by atoms with E-state index >= 15 is 0 Å². The molecular formula is C10H19NO4S. The molecule has 0 bridgehead atoms. The molecule has 0 aromatic heterocycles. The van der Waals surface area contributed by atoms with Gasteiger partial charge in [-0.1, -0.05) is 0 Å². The number of hydrogen-bond donors (Lipinski definition) is 1. The predicted octanol–water partition coefficient (Wildman–Crippen LogP) is 0.249. The van der Waals surface area contributed by atoms with Gasteiger partial charge in [0.05, 0.1) is 25.1 Å². The fourth-order valence-electron chi connectivity index (χ4n) is 2.20. The molecule has 0 spiro atoms. The zero-order chi connectivity index (χ0) is 11.6. The molecule has 1 aliphatic carbocycles. The van der Waals surface area contributed by atoms with E-state index in [1.54, 1.807) is 0 Å². The van der Waals surface area contributed by atoms with Crippen LogP contribution in [0.2, 0.25) is 0 Å². The Kier molecular flexibility index (Phi) is 3.84. The van der Waals surface area contributed by atoms with Gasteiger partial charge in [-0.25, -0.2) is 13.6 Å². The average Bonchev–Trinajstić information content (AvgIpc) is 2.98. The summed E-state index contributed by atoms with van der Waals surface area (Å²) in [5.41, 5.74) is 0. The van der Waals surface area contributed by atoms with E-state index in [0.29, 0.717) is 12.7 Å². The highest BCUT2D eigenvalue weighted by Crippen LogP contribution is 2.27. The van der Waals surface area contributed by atoms with Gasteiger partial charge in [-0.05, 0) is 31.6 Å². The zero-order valence-corrected chi connectivity index (χ0v) is 10.1. The second-order valence-corrected chi connectivity index (χ2v) is 6.42. The third kappa shape index (κ3) is 4.37. The molecule has 1 saturated carbocycles. The monoisotopic (exact) mass is 249 g/mol. The molecule has 5 nitrogen and oxygen atoms in total. The van der Waals surface area contributed by atoms with Crippen molar-refractivity contribution in [3.63, 3.8) is 0 Å². The molecule has 1 heterocycles. The standard InChI is InChI=1S/C10H19NO4S/c11-16(12,13)7-8-1-3-9(4-2-8)14-5-10-6-15-10/h8-10H,1-7H2,(H2,11,12,13). The molecule has 2 fully saturated rings. The van der Waals surface area contributed by atoms with Crippen LogP contribution >= 0.6 is 0 Å². The molecule has 0 aromatic rings. The van der Waals surface area contributed by atoms with Gasteiger partial charge in [0.25, 0.3) is 0 Å². The third-order valence-corrected chi connectivity index (χ3v) is 4.12. The topological polar surface area (TPSA) is 81.9 Å². The van der Waals surface area contributed by atoms with E-state index in [-0.39, 0.29) is 17.8 Å². The molecule has 1 unspecified atom stereocenters. The molecule has 0 radical (unpaired) electrons. The summed E-state index contributed by atoms with van der Waals surface area (Å²) in [6, 6.07) is 0. The third-order valence-electron chi connectivity index (χ3n) is 3.18. The van der Waals surface area contributed by atoms with Gasteiger partial charge in [-0.2, -0.15) is 0 Å². The van der Waals surface area contributed by atoms with Crippen LogP contribution in [0.3, 0.4) is 0 Å². The van der Waals surface area contributed by atoms with Gasteiger partial charge in [0, 0.05) is 0 Å². The Bertz CT molecular complexity index is 318. The van der Waals surface area contributed by atoms with Gasteiger partial charge in [0.1, 0.15) is 6.10 Å². The van der Waals surface area contributed by atoms with E-state index < -0.39 is 10.0 Å². The van der Waals surface area contributed by atoms with Crippen LogP contribution in [-0.2, 0) is 19.5 Å². The molecule has 1 atom stereocenters. The van der Waals surface area contributed by atoms with Crippen LogP contribution < -0.4 is 5.14 Å². The predicted molar refractivity (Wildman–Crippen MR) is 59.4 cm³/mol. The van der Waals surface area contributed by atoms with Crippen molar-refractivity contribution in [2.75, 3.05) is 19.0 Å². The first kappa shape index (κ1) is 12.3. The van der Waals surface area contributed by atoms with Crippen LogP contribution in [-0.4, -0.2) is 39.6 Å². The first-order valence-corrected chi connectivity index (χ1v) is 7.48. The van der Waals surface area contributed by atoms with E-state index in [9.17, 15) is 8.42 Å². The summed E-state index contributed by atoms with van der Waals surface area (Å²) >= 11 is 0. The fourth-order valence-corrected chi connectivity index (χ4v) is 3.19. The largest absolute Gasteiger partial charge is 0.375 e.